The van der Waals surface area contributed by atoms with Crippen molar-refractivity contribution in [2.75, 3.05) is 0 Å². The molecule has 3 nitrogen and oxygen atoms in total. The molecule has 1 atom stereocenters. The standard InChI is InChI=1S/C8H8O3S/c1-6-2-3-7(5-9)4-8(6)12(10)11/h2-5H,1H3,(H,10,11). The first-order valence-corrected chi connectivity index (χ1v) is 4.42. The number of carbonyl (C=O) groups excluding carboxylic acids is 1. The van der Waals surface area contributed by atoms with Crippen molar-refractivity contribution in [2.45, 2.75) is 11.8 Å². The van der Waals surface area contributed by atoms with Gasteiger partial charge in [-0.05, 0) is 18.6 Å². The van der Waals surface area contributed by atoms with Crippen molar-refractivity contribution in [1.82, 2.24) is 0 Å². The lowest BCUT2D eigenvalue weighted by atomic mass is 10.2. The summed E-state index contributed by atoms with van der Waals surface area (Å²) in [6.07, 6.45) is 0.649. The molecule has 1 aromatic rings. The average Bonchev–Trinajstić information content (AvgIpc) is 2.05. The third kappa shape index (κ3) is 1.78. The fourth-order valence-corrected chi connectivity index (χ4v) is 1.46. The number of benzene rings is 1. The Morgan fingerprint density at radius 3 is 2.67 bits per heavy atom. The topological polar surface area (TPSA) is 54.4 Å². The van der Waals surface area contributed by atoms with Gasteiger partial charge in [0.2, 0.25) is 0 Å². The fourth-order valence-electron chi connectivity index (χ4n) is 0.878. The molecule has 0 radical (unpaired) electrons. The Morgan fingerprint density at radius 1 is 1.50 bits per heavy atom. The Bertz CT molecular complexity index is 333. The van der Waals surface area contributed by atoms with Crippen molar-refractivity contribution in [3.63, 3.8) is 0 Å². The molecule has 0 aliphatic carbocycles. The molecule has 12 heavy (non-hydrogen) atoms. The lowest BCUT2D eigenvalue weighted by Crippen LogP contribution is -1.93. The number of carbonyl (C=O) groups is 1. The summed E-state index contributed by atoms with van der Waals surface area (Å²) in [4.78, 5) is 10.6. The minimum absolute atomic E-state index is 0.291. The van der Waals surface area contributed by atoms with Crippen LogP contribution in [0.5, 0.6) is 0 Å². The van der Waals surface area contributed by atoms with Gasteiger partial charge in [-0.1, -0.05) is 12.1 Å². The lowest BCUT2D eigenvalue weighted by Gasteiger charge is -2.00. The van der Waals surface area contributed by atoms with E-state index in [1.54, 1.807) is 19.1 Å². The van der Waals surface area contributed by atoms with Crippen molar-refractivity contribution in [3.8, 4) is 0 Å². The van der Waals surface area contributed by atoms with Gasteiger partial charge >= 0.3 is 0 Å². The molecule has 0 saturated carbocycles. The van der Waals surface area contributed by atoms with Gasteiger partial charge in [-0.15, -0.1) is 0 Å². The van der Waals surface area contributed by atoms with E-state index in [1.165, 1.54) is 6.07 Å². The number of hydrogen-bond donors (Lipinski definition) is 1. The number of hydrogen-bond acceptors (Lipinski definition) is 2. The Kier molecular flexibility index (Phi) is 2.73. The maximum absolute atomic E-state index is 10.7. The fraction of sp³-hybridized carbons (Fsp3) is 0.125. The summed E-state index contributed by atoms with van der Waals surface area (Å²) in [5.41, 5.74) is 1.12. The second-order valence-electron chi connectivity index (χ2n) is 2.39. The summed E-state index contributed by atoms with van der Waals surface area (Å²) in [6.45, 7) is 1.72. The molecule has 0 heterocycles. The van der Waals surface area contributed by atoms with Gasteiger partial charge in [0.15, 0.2) is 11.1 Å². The predicted molar refractivity (Wildman–Crippen MR) is 45.6 cm³/mol. The number of rotatable bonds is 2. The second-order valence-corrected chi connectivity index (χ2v) is 3.33. The van der Waals surface area contributed by atoms with Gasteiger partial charge in [0.25, 0.3) is 0 Å². The van der Waals surface area contributed by atoms with Crippen LogP contribution in [-0.4, -0.2) is 15.0 Å². The third-order valence-electron chi connectivity index (χ3n) is 1.54. The first kappa shape index (κ1) is 9.09. The van der Waals surface area contributed by atoms with Crippen LogP contribution in [0.4, 0.5) is 0 Å². The molecule has 0 bridgehead atoms. The van der Waals surface area contributed by atoms with Crippen LogP contribution in [0.2, 0.25) is 0 Å². The van der Waals surface area contributed by atoms with E-state index in [-0.39, 0.29) is 0 Å². The van der Waals surface area contributed by atoms with Gasteiger partial charge < -0.3 is 4.55 Å². The molecule has 1 rings (SSSR count). The monoisotopic (exact) mass is 184 g/mol. The summed E-state index contributed by atoms with van der Waals surface area (Å²) in [6, 6.07) is 4.67. The Hall–Kier alpha value is -1.00. The Balaban J connectivity index is 3.25. The van der Waals surface area contributed by atoms with Crippen molar-refractivity contribution >= 4 is 17.4 Å². The number of aldehydes is 1. The van der Waals surface area contributed by atoms with Crippen LogP contribution in [0.15, 0.2) is 23.1 Å². The van der Waals surface area contributed by atoms with E-state index in [0.29, 0.717) is 22.3 Å². The summed E-state index contributed by atoms with van der Waals surface area (Å²) in [5.74, 6) is 0. The van der Waals surface area contributed by atoms with Crippen LogP contribution in [0.25, 0.3) is 0 Å². The van der Waals surface area contributed by atoms with E-state index in [1.807, 2.05) is 0 Å². The van der Waals surface area contributed by atoms with E-state index in [2.05, 4.69) is 0 Å². The Labute approximate surface area is 72.7 Å². The van der Waals surface area contributed by atoms with Crippen molar-refractivity contribution in [3.05, 3.63) is 29.3 Å². The molecule has 0 fully saturated rings. The van der Waals surface area contributed by atoms with Crippen LogP contribution >= 0.6 is 0 Å². The highest BCUT2D eigenvalue weighted by molar-refractivity contribution is 7.79. The lowest BCUT2D eigenvalue weighted by molar-refractivity contribution is 0.112. The summed E-state index contributed by atoms with van der Waals surface area (Å²) >= 11 is -2.01. The minimum atomic E-state index is -2.01. The third-order valence-corrected chi connectivity index (χ3v) is 2.35. The van der Waals surface area contributed by atoms with Crippen LogP contribution in [0, 0.1) is 6.92 Å². The molecule has 0 aliphatic rings. The molecule has 0 saturated heterocycles. The van der Waals surface area contributed by atoms with Gasteiger partial charge in [-0.2, -0.15) is 0 Å². The van der Waals surface area contributed by atoms with Crippen molar-refractivity contribution in [1.29, 1.82) is 0 Å². The number of aryl methyl sites for hydroxylation is 1. The second kappa shape index (κ2) is 3.60. The molecule has 0 spiro atoms. The van der Waals surface area contributed by atoms with Crippen LogP contribution in [0.3, 0.4) is 0 Å². The molecular formula is C8H8O3S. The van der Waals surface area contributed by atoms with Crippen LogP contribution in [-0.2, 0) is 11.1 Å². The van der Waals surface area contributed by atoms with E-state index in [4.69, 9.17) is 4.55 Å². The van der Waals surface area contributed by atoms with E-state index in [0.717, 1.165) is 0 Å². The smallest absolute Gasteiger partial charge is 0.186 e. The van der Waals surface area contributed by atoms with Gasteiger partial charge in [-0.25, -0.2) is 4.21 Å². The molecule has 0 aliphatic heterocycles. The molecule has 0 amide bonds. The normalized spacial score (nSPS) is 12.5. The largest absolute Gasteiger partial charge is 0.302 e. The SMILES string of the molecule is Cc1ccc(C=O)cc1S(=O)O. The highest BCUT2D eigenvalue weighted by Gasteiger charge is 2.04. The van der Waals surface area contributed by atoms with E-state index >= 15 is 0 Å². The summed E-state index contributed by atoms with van der Waals surface area (Å²) in [7, 11) is 0. The first-order chi connectivity index (χ1) is 5.65. The van der Waals surface area contributed by atoms with Crippen molar-refractivity contribution in [2.24, 2.45) is 0 Å². The predicted octanol–water partition coefficient (Wildman–Crippen LogP) is 1.39. The first-order valence-electron chi connectivity index (χ1n) is 3.32. The van der Waals surface area contributed by atoms with Gasteiger partial charge in [0.1, 0.15) is 6.29 Å². The molecule has 1 unspecified atom stereocenters. The highest BCUT2D eigenvalue weighted by Crippen LogP contribution is 2.12. The molecule has 1 aromatic carbocycles. The van der Waals surface area contributed by atoms with E-state index < -0.39 is 11.1 Å². The zero-order valence-corrected chi connectivity index (χ0v) is 7.30. The molecular weight excluding hydrogens is 176 g/mol. The summed E-state index contributed by atoms with van der Waals surface area (Å²) in [5, 5.41) is 0. The Morgan fingerprint density at radius 2 is 2.17 bits per heavy atom. The molecule has 64 valence electrons. The minimum Gasteiger partial charge on any atom is -0.302 e. The summed E-state index contributed by atoms with van der Waals surface area (Å²) < 4.78 is 19.5. The zero-order chi connectivity index (χ0) is 9.14. The van der Waals surface area contributed by atoms with E-state index in [9.17, 15) is 9.00 Å². The van der Waals surface area contributed by atoms with Gasteiger partial charge in [0.05, 0.1) is 4.90 Å². The van der Waals surface area contributed by atoms with Gasteiger partial charge in [-0.3, -0.25) is 4.79 Å². The molecule has 0 aromatic heterocycles. The average molecular weight is 184 g/mol. The van der Waals surface area contributed by atoms with Gasteiger partial charge in [0, 0.05) is 5.56 Å². The molecule has 4 heteroatoms. The highest BCUT2D eigenvalue weighted by atomic mass is 32.2. The maximum Gasteiger partial charge on any atom is 0.186 e. The molecule has 1 N–H and O–H groups in total. The van der Waals surface area contributed by atoms with Crippen LogP contribution in [0.1, 0.15) is 15.9 Å². The van der Waals surface area contributed by atoms with Crippen LogP contribution < -0.4 is 0 Å². The maximum atomic E-state index is 10.7. The van der Waals surface area contributed by atoms with Crippen molar-refractivity contribution < 1.29 is 13.6 Å². The quantitative estimate of drug-likeness (QED) is 0.558. The zero-order valence-electron chi connectivity index (χ0n) is 6.48.